The lowest BCUT2D eigenvalue weighted by molar-refractivity contribution is -0.931. The van der Waals surface area contributed by atoms with Crippen molar-refractivity contribution in [1.29, 1.82) is 0 Å². The lowest BCUT2D eigenvalue weighted by atomic mass is 10.2. The molecule has 0 aliphatic rings. The van der Waals surface area contributed by atoms with Crippen LogP contribution in [0.5, 0.6) is 0 Å². The van der Waals surface area contributed by atoms with E-state index in [0.717, 1.165) is 23.0 Å². The molecule has 0 fully saturated rings. The Kier molecular flexibility index (Phi) is 6.03. The van der Waals surface area contributed by atoms with Crippen molar-refractivity contribution in [3.63, 3.8) is 0 Å². The second-order valence-corrected chi connectivity index (χ2v) is 8.12. The first kappa shape index (κ1) is 19.0. The molecule has 1 N–H and O–H groups in total. The van der Waals surface area contributed by atoms with Crippen LogP contribution in [-0.2, 0) is 20.3 Å². The van der Waals surface area contributed by atoms with Crippen LogP contribution in [0.1, 0.15) is 4.88 Å². The van der Waals surface area contributed by atoms with Crippen molar-refractivity contribution in [2.24, 2.45) is 7.05 Å². The summed E-state index contributed by atoms with van der Waals surface area (Å²) in [5.41, 5.74) is 0.828. The van der Waals surface area contributed by atoms with Crippen molar-refractivity contribution >= 4 is 35.2 Å². The lowest BCUT2D eigenvalue weighted by Crippen LogP contribution is -3.09. The average Bonchev–Trinajstić information content (AvgIpc) is 3.14. The van der Waals surface area contributed by atoms with Crippen LogP contribution in [-0.4, -0.2) is 20.9 Å². The van der Waals surface area contributed by atoms with Crippen LogP contribution >= 0.6 is 35.2 Å². The van der Waals surface area contributed by atoms with E-state index in [9.17, 15) is 4.39 Å². The normalized spacial score (nSPS) is 12.3. The maximum absolute atomic E-state index is 13.2. The molecule has 0 radical (unpaired) electrons. The van der Waals surface area contributed by atoms with Gasteiger partial charge in [0.1, 0.15) is 12.4 Å². The molecule has 3 aromatic rings. The summed E-state index contributed by atoms with van der Waals surface area (Å²) in [5, 5.41) is 4.65. The number of hydrogen-bond acceptors (Lipinski definition) is 3. The number of rotatable bonds is 7. The zero-order chi connectivity index (χ0) is 18.7. The molecule has 1 atom stereocenters. The van der Waals surface area contributed by atoms with Gasteiger partial charge < -0.3 is 9.47 Å². The molecule has 0 amide bonds. The van der Waals surface area contributed by atoms with E-state index in [2.05, 4.69) is 11.7 Å². The van der Waals surface area contributed by atoms with E-state index in [4.69, 9.17) is 23.8 Å². The van der Waals surface area contributed by atoms with Crippen molar-refractivity contribution in [3.05, 3.63) is 68.9 Å². The van der Waals surface area contributed by atoms with Gasteiger partial charge in [0.05, 0.1) is 15.8 Å². The number of nitrogens with one attached hydrogen (secondary N) is 1. The van der Waals surface area contributed by atoms with E-state index in [1.54, 1.807) is 23.5 Å². The zero-order valence-corrected chi connectivity index (χ0v) is 16.7. The van der Waals surface area contributed by atoms with E-state index in [1.807, 2.05) is 34.5 Å². The molecule has 1 unspecified atom stereocenters. The Hall–Kier alpha value is -1.80. The van der Waals surface area contributed by atoms with E-state index in [0.29, 0.717) is 17.3 Å². The fourth-order valence-electron chi connectivity index (χ4n) is 2.74. The van der Waals surface area contributed by atoms with Gasteiger partial charge in [0, 0.05) is 12.6 Å². The molecule has 0 spiro atoms. The molecule has 0 aliphatic heterocycles. The molecule has 8 heteroatoms. The molecular formula is C18H19ClFN4S2+. The summed E-state index contributed by atoms with van der Waals surface area (Å²) in [4.78, 5) is 2.45. The van der Waals surface area contributed by atoms with Crippen LogP contribution in [0.4, 0.5) is 4.39 Å². The summed E-state index contributed by atoms with van der Waals surface area (Å²) in [7, 11) is 1.87. The largest absolute Gasteiger partial charge is 0.309 e. The van der Waals surface area contributed by atoms with Gasteiger partial charge in [-0.3, -0.25) is 0 Å². The fraction of sp³-hybridized carbons (Fsp3) is 0.222. The third kappa shape index (κ3) is 4.29. The number of hydrogen-bond donors (Lipinski definition) is 1. The van der Waals surface area contributed by atoms with Gasteiger partial charge in [0.25, 0.3) is 0 Å². The molecule has 2 heterocycles. The number of benzene rings is 1. The van der Waals surface area contributed by atoms with Gasteiger partial charge in [0.2, 0.25) is 4.77 Å². The van der Waals surface area contributed by atoms with Crippen LogP contribution in [0.2, 0.25) is 4.34 Å². The minimum Gasteiger partial charge on any atom is -0.309 e. The van der Waals surface area contributed by atoms with E-state index in [1.165, 1.54) is 21.9 Å². The Morgan fingerprint density at radius 3 is 2.65 bits per heavy atom. The lowest BCUT2D eigenvalue weighted by Gasteiger charge is -2.16. The minimum atomic E-state index is -0.273. The predicted molar refractivity (Wildman–Crippen MR) is 106 cm³/mol. The maximum Gasteiger partial charge on any atom is 0.202 e. The molecule has 0 saturated carbocycles. The standard InChI is InChI=1S/C18H18ClFN4S2/c1-3-10-23(11-15-8-9-16(19)26-15)12-24-18(25)22(2)17(21-24)13-4-6-14(20)7-5-13/h3-9H,1,10-12H2,2H3/p+1. The van der Waals surface area contributed by atoms with E-state index < -0.39 is 0 Å². The molecule has 1 aromatic carbocycles. The summed E-state index contributed by atoms with van der Waals surface area (Å²) in [6.07, 6.45) is 1.89. The van der Waals surface area contributed by atoms with Gasteiger partial charge in [-0.25, -0.2) is 4.39 Å². The number of nitrogens with zero attached hydrogens (tertiary/aromatic N) is 3. The quantitative estimate of drug-likeness (QED) is 0.476. The van der Waals surface area contributed by atoms with E-state index >= 15 is 0 Å². The summed E-state index contributed by atoms with van der Waals surface area (Å²) in [6.45, 7) is 6.05. The zero-order valence-electron chi connectivity index (χ0n) is 14.3. The predicted octanol–water partition coefficient (Wildman–Crippen LogP) is 3.70. The van der Waals surface area contributed by atoms with Crippen LogP contribution in [0, 0.1) is 10.6 Å². The average molecular weight is 410 g/mol. The third-order valence-electron chi connectivity index (χ3n) is 4.00. The van der Waals surface area contributed by atoms with Crippen LogP contribution < -0.4 is 4.90 Å². The van der Waals surface area contributed by atoms with E-state index in [-0.39, 0.29) is 5.82 Å². The Balaban J connectivity index is 1.85. The summed E-state index contributed by atoms with van der Waals surface area (Å²) >= 11 is 13.2. The fourth-order valence-corrected chi connectivity index (χ4v) is 4.09. The van der Waals surface area contributed by atoms with Gasteiger partial charge in [-0.2, -0.15) is 4.68 Å². The first-order valence-electron chi connectivity index (χ1n) is 8.06. The number of quaternary nitrogens is 1. The first-order valence-corrected chi connectivity index (χ1v) is 9.66. The highest BCUT2D eigenvalue weighted by atomic mass is 35.5. The molecular weight excluding hydrogens is 391 g/mol. The highest BCUT2D eigenvalue weighted by Gasteiger charge is 2.16. The number of aromatic nitrogens is 3. The minimum absolute atomic E-state index is 0.273. The van der Waals surface area contributed by atoms with Crippen molar-refractivity contribution in [2.75, 3.05) is 6.54 Å². The molecule has 4 nitrogen and oxygen atoms in total. The summed E-state index contributed by atoms with van der Waals surface area (Å²) < 4.78 is 18.2. The Morgan fingerprint density at radius 2 is 2.04 bits per heavy atom. The second kappa shape index (κ2) is 8.26. The Labute approximate surface area is 165 Å². The number of halogens is 2. The molecule has 3 rings (SSSR count). The van der Waals surface area contributed by atoms with Crippen LogP contribution in [0.3, 0.4) is 0 Å². The third-order valence-corrected chi connectivity index (χ3v) is 5.72. The Bertz CT molecular complexity index is 958. The summed E-state index contributed by atoms with van der Waals surface area (Å²) in [6, 6.07) is 10.2. The highest BCUT2D eigenvalue weighted by Crippen LogP contribution is 2.20. The smallest absolute Gasteiger partial charge is 0.202 e. The summed E-state index contributed by atoms with van der Waals surface area (Å²) in [5.74, 6) is 0.442. The van der Waals surface area contributed by atoms with Crippen LogP contribution in [0.15, 0.2) is 49.1 Å². The van der Waals surface area contributed by atoms with Gasteiger partial charge in [-0.1, -0.05) is 18.2 Å². The molecule has 0 aliphatic carbocycles. The van der Waals surface area contributed by atoms with Crippen molar-refractivity contribution in [1.82, 2.24) is 14.3 Å². The topological polar surface area (TPSA) is 27.2 Å². The molecule has 0 saturated heterocycles. The van der Waals surface area contributed by atoms with Gasteiger partial charge in [-0.15, -0.1) is 16.4 Å². The monoisotopic (exact) mass is 409 g/mol. The second-order valence-electron chi connectivity index (χ2n) is 5.96. The number of thiophene rings is 1. The first-order chi connectivity index (χ1) is 12.5. The maximum atomic E-state index is 13.2. The molecule has 136 valence electrons. The van der Waals surface area contributed by atoms with Crippen molar-refractivity contribution < 1.29 is 9.29 Å². The molecule has 26 heavy (non-hydrogen) atoms. The highest BCUT2D eigenvalue weighted by molar-refractivity contribution is 7.71. The van der Waals surface area contributed by atoms with Gasteiger partial charge in [0.15, 0.2) is 12.5 Å². The van der Waals surface area contributed by atoms with Crippen molar-refractivity contribution in [3.8, 4) is 11.4 Å². The van der Waals surface area contributed by atoms with Gasteiger partial charge >= 0.3 is 0 Å². The SMILES string of the molecule is C=CC[NH+](Cc1ccc(Cl)s1)Cn1nc(-c2ccc(F)cc2)n(C)c1=S. The Morgan fingerprint density at radius 1 is 1.31 bits per heavy atom. The molecule has 0 bridgehead atoms. The molecule has 2 aromatic heterocycles. The van der Waals surface area contributed by atoms with Crippen molar-refractivity contribution in [2.45, 2.75) is 13.2 Å². The van der Waals surface area contributed by atoms with Crippen LogP contribution in [0.25, 0.3) is 11.4 Å². The van der Waals surface area contributed by atoms with Gasteiger partial charge in [-0.05, 0) is 54.7 Å².